The fourth-order valence-electron chi connectivity index (χ4n) is 3.02. The molecule has 2 rings (SSSR count). The van der Waals surface area contributed by atoms with Gasteiger partial charge in [0.2, 0.25) is 5.91 Å². The predicted octanol–water partition coefficient (Wildman–Crippen LogP) is 2.42. The van der Waals surface area contributed by atoms with E-state index in [2.05, 4.69) is 41.4 Å². The van der Waals surface area contributed by atoms with Gasteiger partial charge in [0.05, 0.1) is 0 Å². The lowest BCUT2D eigenvalue weighted by Gasteiger charge is -2.41. The molecule has 1 saturated heterocycles. The smallest absolute Gasteiger partial charge is 0.227 e. The molecule has 0 spiro atoms. The van der Waals surface area contributed by atoms with Gasteiger partial charge in [0.25, 0.3) is 0 Å². The first-order chi connectivity index (χ1) is 10.1. The third-order valence-electron chi connectivity index (χ3n) is 4.18. The molecule has 132 valence electrons. The molecule has 1 aromatic rings. The number of hydrogen-bond acceptors (Lipinski definition) is 3. The molecule has 0 radical (unpaired) electrons. The zero-order valence-electron chi connectivity index (χ0n) is 14.2. The lowest BCUT2D eigenvalue weighted by Crippen LogP contribution is -2.55. The second kappa shape index (κ2) is 10.9. The molecule has 2 unspecified atom stereocenters. The Hall–Kier alpha value is -0.810. The number of halogens is 2. The molecule has 1 amide bonds. The standard InChI is InChI=1S/C17H27N3O.2ClH/c1-14(11-18-3)17(21)20-10-9-19(12-15(20)2)13-16-7-5-4-6-8-16;;/h4-8,14-15,18H,9-13H2,1-3H3;2*1H. The lowest BCUT2D eigenvalue weighted by molar-refractivity contribution is -0.139. The number of amides is 1. The van der Waals surface area contributed by atoms with E-state index >= 15 is 0 Å². The molecule has 1 fully saturated rings. The highest BCUT2D eigenvalue weighted by molar-refractivity contribution is 5.85. The Morgan fingerprint density at radius 1 is 1.26 bits per heavy atom. The van der Waals surface area contributed by atoms with Gasteiger partial charge in [-0.2, -0.15) is 0 Å². The van der Waals surface area contributed by atoms with Gasteiger partial charge < -0.3 is 10.2 Å². The van der Waals surface area contributed by atoms with Crippen molar-refractivity contribution in [2.75, 3.05) is 33.2 Å². The van der Waals surface area contributed by atoms with E-state index in [-0.39, 0.29) is 42.7 Å². The van der Waals surface area contributed by atoms with E-state index in [0.29, 0.717) is 0 Å². The minimum atomic E-state index is 0. The molecule has 1 N–H and O–H groups in total. The lowest BCUT2D eigenvalue weighted by atomic mass is 10.1. The number of carbonyl (C=O) groups is 1. The number of piperazine rings is 1. The van der Waals surface area contributed by atoms with Crippen LogP contribution in [0.5, 0.6) is 0 Å². The van der Waals surface area contributed by atoms with Crippen molar-refractivity contribution in [2.24, 2.45) is 5.92 Å². The van der Waals surface area contributed by atoms with E-state index < -0.39 is 0 Å². The molecule has 4 nitrogen and oxygen atoms in total. The Labute approximate surface area is 152 Å². The Kier molecular flexibility index (Phi) is 10.5. The van der Waals surface area contributed by atoms with Gasteiger partial charge in [0, 0.05) is 44.7 Å². The highest BCUT2D eigenvalue weighted by Gasteiger charge is 2.29. The minimum Gasteiger partial charge on any atom is -0.337 e. The van der Waals surface area contributed by atoms with Crippen molar-refractivity contribution in [1.82, 2.24) is 15.1 Å². The summed E-state index contributed by atoms with van der Waals surface area (Å²) in [4.78, 5) is 16.9. The number of nitrogens with one attached hydrogen (secondary N) is 1. The second-order valence-electron chi connectivity index (χ2n) is 6.06. The maximum absolute atomic E-state index is 12.4. The van der Waals surface area contributed by atoms with Crippen molar-refractivity contribution >= 4 is 30.7 Å². The highest BCUT2D eigenvalue weighted by Crippen LogP contribution is 2.15. The second-order valence-corrected chi connectivity index (χ2v) is 6.06. The molecule has 0 aliphatic carbocycles. The van der Waals surface area contributed by atoms with Crippen LogP contribution in [0.4, 0.5) is 0 Å². The van der Waals surface area contributed by atoms with E-state index in [1.54, 1.807) is 0 Å². The van der Waals surface area contributed by atoms with Gasteiger partial charge in [-0.1, -0.05) is 37.3 Å². The molecule has 0 saturated carbocycles. The first-order valence-corrected chi connectivity index (χ1v) is 7.83. The summed E-state index contributed by atoms with van der Waals surface area (Å²) in [7, 11) is 1.89. The van der Waals surface area contributed by atoms with Gasteiger partial charge in [0.1, 0.15) is 0 Å². The summed E-state index contributed by atoms with van der Waals surface area (Å²) in [5, 5.41) is 3.09. The maximum Gasteiger partial charge on any atom is 0.227 e. The summed E-state index contributed by atoms with van der Waals surface area (Å²) in [5.41, 5.74) is 1.34. The SMILES string of the molecule is CNCC(C)C(=O)N1CCN(Cc2ccccc2)CC1C.Cl.Cl. The van der Waals surface area contributed by atoms with Crippen molar-refractivity contribution in [2.45, 2.75) is 26.4 Å². The zero-order chi connectivity index (χ0) is 15.2. The van der Waals surface area contributed by atoms with Crippen LogP contribution in [0, 0.1) is 5.92 Å². The van der Waals surface area contributed by atoms with Crippen LogP contribution in [0.15, 0.2) is 30.3 Å². The van der Waals surface area contributed by atoms with Crippen LogP contribution in [0.2, 0.25) is 0 Å². The van der Waals surface area contributed by atoms with E-state index in [4.69, 9.17) is 0 Å². The number of rotatable bonds is 5. The zero-order valence-corrected chi connectivity index (χ0v) is 15.8. The molecule has 1 aliphatic rings. The first-order valence-electron chi connectivity index (χ1n) is 7.83. The summed E-state index contributed by atoms with van der Waals surface area (Å²) in [5.74, 6) is 0.328. The fraction of sp³-hybridized carbons (Fsp3) is 0.588. The topological polar surface area (TPSA) is 35.6 Å². The average Bonchev–Trinajstić information content (AvgIpc) is 2.48. The van der Waals surface area contributed by atoms with Gasteiger partial charge in [0.15, 0.2) is 0 Å². The van der Waals surface area contributed by atoms with E-state index in [1.807, 2.05) is 24.9 Å². The van der Waals surface area contributed by atoms with Crippen LogP contribution in [-0.2, 0) is 11.3 Å². The molecular formula is C17H29Cl2N3O. The largest absolute Gasteiger partial charge is 0.337 e. The van der Waals surface area contributed by atoms with Gasteiger partial charge in [-0.15, -0.1) is 24.8 Å². The molecule has 2 atom stereocenters. The molecule has 23 heavy (non-hydrogen) atoms. The molecule has 1 heterocycles. The van der Waals surface area contributed by atoms with E-state index in [9.17, 15) is 4.79 Å². The minimum absolute atomic E-state index is 0. The average molecular weight is 362 g/mol. The Balaban J connectivity index is 0.00000242. The van der Waals surface area contributed by atoms with Crippen LogP contribution in [-0.4, -0.2) is 55.0 Å². The summed E-state index contributed by atoms with van der Waals surface area (Å²) in [6, 6.07) is 10.8. The van der Waals surface area contributed by atoms with Crippen LogP contribution >= 0.6 is 24.8 Å². The van der Waals surface area contributed by atoms with Crippen LogP contribution in [0.1, 0.15) is 19.4 Å². The summed E-state index contributed by atoms with van der Waals surface area (Å²) in [6.07, 6.45) is 0. The quantitative estimate of drug-likeness (QED) is 0.874. The molecule has 0 aromatic heterocycles. The van der Waals surface area contributed by atoms with Gasteiger partial charge in [-0.25, -0.2) is 0 Å². The fourth-order valence-corrected chi connectivity index (χ4v) is 3.02. The van der Waals surface area contributed by atoms with Gasteiger partial charge >= 0.3 is 0 Å². The molecule has 0 bridgehead atoms. The van der Waals surface area contributed by atoms with Gasteiger partial charge in [-0.3, -0.25) is 9.69 Å². The Bertz CT molecular complexity index is 458. The van der Waals surface area contributed by atoms with Crippen molar-refractivity contribution in [3.8, 4) is 0 Å². The van der Waals surface area contributed by atoms with Crippen LogP contribution < -0.4 is 5.32 Å². The van der Waals surface area contributed by atoms with Gasteiger partial charge in [-0.05, 0) is 19.5 Å². The summed E-state index contributed by atoms with van der Waals surface area (Å²) < 4.78 is 0. The van der Waals surface area contributed by atoms with Crippen LogP contribution in [0.25, 0.3) is 0 Å². The highest BCUT2D eigenvalue weighted by atomic mass is 35.5. The van der Waals surface area contributed by atoms with Crippen molar-refractivity contribution in [3.05, 3.63) is 35.9 Å². The van der Waals surface area contributed by atoms with E-state index in [0.717, 1.165) is 32.7 Å². The Morgan fingerprint density at radius 3 is 2.48 bits per heavy atom. The monoisotopic (exact) mass is 361 g/mol. The molecular weight excluding hydrogens is 333 g/mol. The van der Waals surface area contributed by atoms with Crippen molar-refractivity contribution < 1.29 is 4.79 Å². The number of nitrogens with zero attached hydrogens (tertiary/aromatic N) is 2. The predicted molar refractivity (Wildman–Crippen MR) is 100 cm³/mol. The third-order valence-corrected chi connectivity index (χ3v) is 4.18. The molecule has 1 aromatic carbocycles. The summed E-state index contributed by atoms with van der Waals surface area (Å²) >= 11 is 0. The molecule has 1 aliphatic heterocycles. The number of hydrogen-bond donors (Lipinski definition) is 1. The van der Waals surface area contributed by atoms with Crippen molar-refractivity contribution in [3.63, 3.8) is 0 Å². The third kappa shape index (κ3) is 6.30. The maximum atomic E-state index is 12.4. The molecule has 6 heteroatoms. The number of carbonyl (C=O) groups excluding carboxylic acids is 1. The van der Waals surface area contributed by atoms with Crippen molar-refractivity contribution in [1.29, 1.82) is 0 Å². The normalized spacial score (nSPS) is 19.4. The summed E-state index contributed by atoms with van der Waals surface area (Å²) in [6.45, 7) is 8.61. The van der Waals surface area contributed by atoms with E-state index in [1.165, 1.54) is 5.56 Å². The first kappa shape index (κ1) is 22.2. The number of benzene rings is 1. The Morgan fingerprint density at radius 2 is 1.91 bits per heavy atom. The van der Waals surface area contributed by atoms with Crippen LogP contribution in [0.3, 0.4) is 0 Å².